The molecule has 0 spiro atoms. The summed E-state index contributed by atoms with van der Waals surface area (Å²) >= 11 is 7.57. The molecule has 204 valence electrons. The number of esters is 1. The minimum atomic E-state index is -0.633. The van der Waals surface area contributed by atoms with Crippen molar-refractivity contribution in [2.75, 3.05) is 6.61 Å². The van der Waals surface area contributed by atoms with E-state index < -0.39 is 5.97 Å². The van der Waals surface area contributed by atoms with Gasteiger partial charge in [0.05, 0.1) is 29.3 Å². The Morgan fingerprint density at radius 2 is 1.88 bits per heavy atom. The lowest BCUT2D eigenvalue weighted by molar-refractivity contribution is -0.138. The Morgan fingerprint density at radius 3 is 2.58 bits per heavy atom. The van der Waals surface area contributed by atoms with Gasteiger partial charge in [0.25, 0.3) is 0 Å². The Hall–Kier alpha value is -3.81. The molecule has 5 rings (SSSR count). The van der Waals surface area contributed by atoms with Crippen LogP contribution in [-0.4, -0.2) is 27.3 Å². The molecular formula is C32H28ClFN2O3S. The lowest BCUT2D eigenvalue weighted by atomic mass is 10.1. The van der Waals surface area contributed by atoms with Crippen molar-refractivity contribution in [3.05, 3.63) is 116 Å². The van der Waals surface area contributed by atoms with Crippen molar-refractivity contribution >= 4 is 57.0 Å². The molecule has 2 heterocycles. The monoisotopic (exact) mass is 574 g/mol. The zero-order chi connectivity index (χ0) is 28.4. The Bertz CT molecular complexity index is 1680. The van der Waals surface area contributed by atoms with Crippen LogP contribution in [0.25, 0.3) is 17.0 Å². The molecular weight excluding hydrogens is 547 g/mol. The van der Waals surface area contributed by atoms with Gasteiger partial charge < -0.3 is 14.4 Å². The fraction of sp³-hybridized carbons (Fsp3) is 0.188. The van der Waals surface area contributed by atoms with Gasteiger partial charge in [-0.25, -0.2) is 14.2 Å². The van der Waals surface area contributed by atoms with Crippen LogP contribution in [0.3, 0.4) is 0 Å². The van der Waals surface area contributed by atoms with Crippen LogP contribution in [0.15, 0.2) is 88.1 Å². The largest absolute Gasteiger partial charge is 0.506 e. The molecule has 4 aromatic rings. The Labute approximate surface area is 241 Å². The van der Waals surface area contributed by atoms with Crippen LogP contribution in [0.2, 0.25) is 5.02 Å². The zero-order valence-electron chi connectivity index (χ0n) is 22.4. The number of hydrogen-bond acceptors (Lipinski definition) is 5. The lowest BCUT2D eigenvalue weighted by Crippen LogP contribution is -2.12. The van der Waals surface area contributed by atoms with Crippen LogP contribution in [0, 0.1) is 12.7 Å². The maximum absolute atomic E-state index is 14.7. The van der Waals surface area contributed by atoms with E-state index in [2.05, 4.69) is 11.9 Å². The van der Waals surface area contributed by atoms with Crippen LogP contribution < -0.4 is 0 Å². The van der Waals surface area contributed by atoms with E-state index in [0.717, 1.165) is 34.0 Å². The predicted octanol–water partition coefficient (Wildman–Crippen LogP) is 8.55. The van der Waals surface area contributed by atoms with Gasteiger partial charge in [0.2, 0.25) is 0 Å². The summed E-state index contributed by atoms with van der Waals surface area (Å²) in [5, 5.41) is 12.9. The van der Waals surface area contributed by atoms with E-state index in [1.165, 1.54) is 17.8 Å². The van der Waals surface area contributed by atoms with E-state index in [9.17, 15) is 14.3 Å². The number of aryl methyl sites for hydroxylation is 2. The quantitative estimate of drug-likeness (QED) is 0.225. The van der Waals surface area contributed by atoms with Crippen molar-refractivity contribution in [2.45, 2.75) is 33.7 Å². The highest BCUT2D eigenvalue weighted by atomic mass is 35.5. The molecule has 3 aromatic carbocycles. The number of nitrogens with zero attached hydrogens (tertiary/aromatic N) is 2. The molecule has 1 aliphatic heterocycles. The number of aliphatic hydroxyl groups is 1. The van der Waals surface area contributed by atoms with Crippen molar-refractivity contribution in [1.82, 2.24) is 4.57 Å². The van der Waals surface area contributed by atoms with Gasteiger partial charge in [-0.15, -0.1) is 0 Å². The van der Waals surface area contributed by atoms with Crippen molar-refractivity contribution in [2.24, 2.45) is 4.99 Å². The first kappa shape index (κ1) is 27.7. The number of aromatic nitrogens is 1. The number of carbonyl (C=O) groups excluding carboxylic acids is 1. The summed E-state index contributed by atoms with van der Waals surface area (Å²) in [6, 6.07) is 18.3. The van der Waals surface area contributed by atoms with Gasteiger partial charge in [-0.05, 0) is 56.2 Å². The minimum Gasteiger partial charge on any atom is -0.506 e. The third-order valence-electron chi connectivity index (χ3n) is 6.71. The summed E-state index contributed by atoms with van der Waals surface area (Å²) in [6.07, 6.45) is 4.54. The summed E-state index contributed by atoms with van der Waals surface area (Å²) < 4.78 is 22.0. The summed E-state index contributed by atoms with van der Waals surface area (Å²) in [4.78, 5) is 18.0. The number of benzene rings is 3. The third kappa shape index (κ3) is 5.44. The lowest BCUT2D eigenvalue weighted by Gasteiger charge is -2.11. The van der Waals surface area contributed by atoms with E-state index in [-0.39, 0.29) is 30.3 Å². The molecule has 1 aliphatic rings. The second-order valence-corrected chi connectivity index (χ2v) is 10.8. The van der Waals surface area contributed by atoms with Crippen LogP contribution >= 0.6 is 23.4 Å². The Kier molecular flexibility index (Phi) is 8.14. The van der Waals surface area contributed by atoms with Gasteiger partial charge >= 0.3 is 5.97 Å². The molecule has 0 amide bonds. The van der Waals surface area contributed by atoms with Gasteiger partial charge in [0.1, 0.15) is 22.2 Å². The van der Waals surface area contributed by atoms with Crippen LogP contribution in [-0.2, 0) is 22.5 Å². The molecule has 0 aliphatic carbocycles. The standard InChI is InChI=1S/C32H28ClFN2O3S/c1-4-20-8-6-9-23-21(17-36(29(20)23)18-24-25(33)10-7-11-26(24)34)16-27-30(37)28(32(38)39-5-2)31(40-27)35-22-14-12-19(3)13-15-22/h6-17,37H,4-5,18H2,1-3H3/b27-16-,35-31?. The highest BCUT2D eigenvalue weighted by molar-refractivity contribution is 8.18. The van der Waals surface area contributed by atoms with E-state index in [1.807, 2.05) is 66.2 Å². The molecule has 0 atom stereocenters. The van der Waals surface area contributed by atoms with Crippen LogP contribution in [0.1, 0.15) is 36.1 Å². The SMILES string of the molecule is CCOC(=O)C1=C(O)/C(=C/c2cn(Cc3c(F)cccc3Cl)c3c(CC)cccc23)SC1=Nc1ccc(C)cc1. The normalized spacial score (nSPS) is 15.5. The topological polar surface area (TPSA) is 63.8 Å². The maximum Gasteiger partial charge on any atom is 0.344 e. The highest BCUT2D eigenvalue weighted by Gasteiger charge is 2.33. The number of fused-ring (bicyclic) bond motifs is 1. The predicted molar refractivity (Wildman–Crippen MR) is 162 cm³/mol. The maximum atomic E-state index is 14.7. The van der Waals surface area contributed by atoms with E-state index in [1.54, 1.807) is 19.1 Å². The highest BCUT2D eigenvalue weighted by Crippen LogP contribution is 2.41. The molecule has 0 radical (unpaired) electrons. The van der Waals surface area contributed by atoms with Crippen LogP contribution in [0.4, 0.5) is 10.1 Å². The number of thioether (sulfide) groups is 1. The van der Waals surface area contributed by atoms with Crippen molar-refractivity contribution in [3.8, 4) is 0 Å². The van der Waals surface area contributed by atoms with Gasteiger partial charge in [-0.2, -0.15) is 0 Å². The number of aliphatic imine (C=N–C) groups is 1. The molecule has 40 heavy (non-hydrogen) atoms. The van der Waals surface area contributed by atoms with Crippen molar-refractivity contribution < 1.29 is 19.0 Å². The van der Waals surface area contributed by atoms with Gasteiger partial charge in [-0.3, -0.25) is 0 Å². The molecule has 8 heteroatoms. The fourth-order valence-corrected chi connectivity index (χ4v) is 5.96. The fourth-order valence-electron chi connectivity index (χ4n) is 4.71. The summed E-state index contributed by atoms with van der Waals surface area (Å²) in [6.45, 7) is 6.18. The average Bonchev–Trinajstić information content (AvgIpc) is 3.44. The molecule has 1 aromatic heterocycles. The first-order chi connectivity index (χ1) is 19.3. The molecule has 0 saturated heterocycles. The second-order valence-electron chi connectivity index (χ2n) is 9.39. The molecule has 0 unspecified atom stereocenters. The van der Waals surface area contributed by atoms with E-state index >= 15 is 0 Å². The summed E-state index contributed by atoms with van der Waals surface area (Å²) in [7, 11) is 0. The van der Waals surface area contributed by atoms with Crippen molar-refractivity contribution in [1.29, 1.82) is 0 Å². The number of rotatable bonds is 7. The minimum absolute atomic E-state index is 0.0369. The summed E-state index contributed by atoms with van der Waals surface area (Å²) in [5.41, 5.74) is 5.06. The third-order valence-corrected chi connectivity index (χ3v) is 8.08. The number of hydrogen-bond donors (Lipinski definition) is 1. The number of carbonyl (C=O) groups is 1. The van der Waals surface area contributed by atoms with E-state index in [4.69, 9.17) is 16.3 Å². The Morgan fingerprint density at radius 1 is 1.12 bits per heavy atom. The molecule has 5 nitrogen and oxygen atoms in total. The average molecular weight is 575 g/mol. The molecule has 1 N–H and O–H groups in total. The molecule has 0 saturated carbocycles. The number of aliphatic hydroxyl groups excluding tert-OH is 1. The van der Waals surface area contributed by atoms with Crippen molar-refractivity contribution in [3.63, 3.8) is 0 Å². The van der Waals surface area contributed by atoms with Gasteiger partial charge in [-0.1, -0.05) is 72.2 Å². The zero-order valence-corrected chi connectivity index (χ0v) is 23.9. The molecule has 0 fully saturated rings. The number of halogens is 2. The van der Waals surface area contributed by atoms with E-state index in [0.29, 0.717) is 26.2 Å². The Balaban J connectivity index is 1.63. The first-order valence-corrected chi connectivity index (χ1v) is 14.2. The summed E-state index contributed by atoms with van der Waals surface area (Å²) in [5.74, 6) is -1.18. The van der Waals surface area contributed by atoms with Gasteiger partial charge in [0, 0.05) is 27.7 Å². The number of para-hydroxylation sites is 1. The van der Waals surface area contributed by atoms with Gasteiger partial charge in [0.15, 0.2) is 0 Å². The van der Waals surface area contributed by atoms with Crippen LogP contribution in [0.5, 0.6) is 0 Å². The molecule has 0 bridgehead atoms. The smallest absolute Gasteiger partial charge is 0.344 e. The second kappa shape index (κ2) is 11.7. The first-order valence-electron chi connectivity index (χ1n) is 13.0. The number of ether oxygens (including phenoxy) is 1.